The molecule has 5 rings (SSSR count). The number of rotatable bonds is 6. The molecule has 3 aromatic rings. The summed E-state index contributed by atoms with van der Waals surface area (Å²) in [6, 6.07) is 7.61. The van der Waals surface area contributed by atoms with Gasteiger partial charge in [0, 0.05) is 43.9 Å². The first-order valence-electron chi connectivity index (χ1n) is 11.0. The second-order valence-electron chi connectivity index (χ2n) is 8.18. The summed E-state index contributed by atoms with van der Waals surface area (Å²) in [6.45, 7) is 3.68. The lowest BCUT2D eigenvalue weighted by molar-refractivity contribution is -0.384. The maximum Gasteiger partial charge on any atom is 0.270 e. The Balaban J connectivity index is 1.43. The molecule has 170 valence electrons. The van der Waals surface area contributed by atoms with Gasteiger partial charge in [-0.2, -0.15) is 20.1 Å². The lowest BCUT2D eigenvalue weighted by atomic mass is 10.0. The third-order valence-electron chi connectivity index (χ3n) is 5.98. The van der Waals surface area contributed by atoms with Crippen LogP contribution < -0.4 is 15.2 Å². The molecule has 2 aliphatic heterocycles. The van der Waals surface area contributed by atoms with E-state index in [1.54, 1.807) is 12.1 Å². The van der Waals surface area contributed by atoms with Crippen LogP contribution in [0.5, 0.6) is 5.75 Å². The molecule has 2 N–H and O–H groups in total. The highest BCUT2D eigenvalue weighted by molar-refractivity contribution is 6.03. The van der Waals surface area contributed by atoms with Crippen molar-refractivity contribution in [2.75, 3.05) is 41.4 Å². The maximum atomic E-state index is 11.1. The molecular formula is C22H24N8O3. The molecule has 33 heavy (non-hydrogen) atoms. The van der Waals surface area contributed by atoms with Crippen molar-refractivity contribution in [2.24, 2.45) is 5.10 Å². The lowest BCUT2D eigenvalue weighted by Crippen LogP contribution is -2.25. The summed E-state index contributed by atoms with van der Waals surface area (Å²) in [7, 11) is 0. The summed E-state index contributed by atoms with van der Waals surface area (Å²) in [5, 5.41) is 27.0. The van der Waals surface area contributed by atoms with E-state index in [0.29, 0.717) is 34.2 Å². The fourth-order valence-electron chi connectivity index (χ4n) is 4.25. The van der Waals surface area contributed by atoms with E-state index in [1.807, 2.05) is 0 Å². The van der Waals surface area contributed by atoms with Crippen LogP contribution in [0.3, 0.4) is 0 Å². The Hall–Kier alpha value is -4.02. The molecule has 3 heterocycles. The van der Waals surface area contributed by atoms with Gasteiger partial charge in [-0.3, -0.25) is 10.1 Å². The van der Waals surface area contributed by atoms with Gasteiger partial charge in [0.2, 0.25) is 17.8 Å². The van der Waals surface area contributed by atoms with E-state index in [2.05, 4.69) is 35.3 Å². The predicted octanol–water partition coefficient (Wildman–Crippen LogP) is 3.29. The van der Waals surface area contributed by atoms with E-state index in [0.717, 1.165) is 51.9 Å². The first-order chi connectivity index (χ1) is 16.1. The summed E-state index contributed by atoms with van der Waals surface area (Å²) < 4.78 is 0. The van der Waals surface area contributed by atoms with E-state index >= 15 is 0 Å². The standard InChI is InChI=1S/C22H24N8O3/c31-19-8-5-15-13-16(30(32)33)6-7-17(15)18(19)14-23-27-20-24-21(28-9-1-2-10-28)26-22(25-20)29-11-3-4-12-29/h5-8,13-14,31H,1-4,9-12H2,(H,24,25,26,27)/b23-14-. The number of nitro benzene ring substituents is 1. The monoisotopic (exact) mass is 448 g/mol. The summed E-state index contributed by atoms with van der Waals surface area (Å²) in [6.07, 6.45) is 5.93. The molecule has 2 saturated heterocycles. The van der Waals surface area contributed by atoms with E-state index < -0.39 is 4.92 Å². The third-order valence-corrected chi connectivity index (χ3v) is 5.98. The van der Waals surface area contributed by atoms with Crippen molar-refractivity contribution in [3.8, 4) is 5.75 Å². The average Bonchev–Trinajstić information content (AvgIpc) is 3.55. The van der Waals surface area contributed by atoms with Crippen LogP contribution in [0.2, 0.25) is 0 Å². The van der Waals surface area contributed by atoms with E-state index in [-0.39, 0.29) is 11.4 Å². The normalized spacial score (nSPS) is 16.2. The molecule has 1 aromatic heterocycles. The van der Waals surface area contributed by atoms with Crippen LogP contribution in [0.4, 0.5) is 23.5 Å². The van der Waals surface area contributed by atoms with Gasteiger partial charge in [-0.1, -0.05) is 6.07 Å². The molecule has 2 aliphatic rings. The first kappa shape index (κ1) is 20.9. The topological polar surface area (TPSA) is 133 Å². The molecule has 0 atom stereocenters. The van der Waals surface area contributed by atoms with Crippen LogP contribution >= 0.6 is 0 Å². The van der Waals surface area contributed by atoms with Gasteiger partial charge in [-0.05, 0) is 48.6 Å². The number of phenols is 1. The van der Waals surface area contributed by atoms with Crippen molar-refractivity contribution in [2.45, 2.75) is 25.7 Å². The minimum atomic E-state index is -0.446. The van der Waals surface area contributed by atoms with Crippen molar-refractivity contribution < 1.29 is 10.0 Å². The highest BCUT2D eigenvalue weighted by Crippen LogP contribution is 2.29. The number of phenolic OH excluding ortho intramolecular Hbond substituents is 1. The molecule has 2 aromatic carbocycles. The second-order valence-corrected chi connectivity index (χ2v) is 8.18. The van der Waals surface area contributed by atoms with Gasteiger partial charge < -0.3 is 14.9 Å². The Morgan fingerprint density at radius 3 is 2.21 bits per heavy atom. The molecule has 11 heteroatoms. The minimum Gasteiger partial charge on any atom is -0.507 e. The summed E-state index contributed by atoms with van der Waals surface area (Å²) >= 11 is 0. The summed E-state index contributed by atoms with van der Waals surface area (Å²) in [5.41, 5.74) is 3.31. The van der Waals surface area contributed by atoms with Crippen LogP contribution in [0.15, 0.2) is 35.4 Å². The quantitative estimate of drug-likeness (QED) is 0.331. The number of benzene rings is 2. The molecule has 0 saturated carbocycles. The fourth-order valence-corrected chi connectivity index (χ4v) is 4.25. The number of hydrazone groups is 1. The van der Waals surface area contributed by atoms with Crippen LogP contribution in [-0.4, -0.2) is 57.4 Å². The largest absolute Gasteiger partial charge is 0.507 e. The van der Waals surface area contributed by atoms with Crippen LogP contribution in [0.25, 0.3) is 10.8 Å². The molecule has 2 fully saturated rings. The fraction of sp³-hybridized carbons (Fsp3) is 0.364. The number of aromatic nitrogens is 3. The Labute approximate surface area is 189 Å². The summed E-state index contributed by atoms with van der Waals surface area (Å²) in [4.78, 5) is 28.7. The average molecular weight is 448 g/mol. The Morgan fingerprint density at radius 2 is 1.61 bits per heavy atom. The van der Waals surface area contributed by atoms with Crippen molar-refractivity contribution in [1.82, 2.24) is 15.0 Å². The number of aromatic hydroxyl groups is 1. The predicted molar refractivity (Wildman–Crippen MR) is 126 cm³/mol. The number of anilines is 3. The van der Waals surface area contributed by atoms with Crippen LogP contribution in [-0.2, 0) is 0 Å². The van der Waals surface area contributed by atoms with Crippen molar-refractivity contribution in [1.29, 1.82) is 0 Å². The Morgan fingerprint density at radius 1 is 0.970 bits per heavy atom. The number of nitrogens with one attached hydrogen (secondary N) is 1. The van der Waals surface area contributed by atoms with Gasteiger partial charge in [0.05, 0.1) is 11.1 Å². The molecule has 0 spiro atoms. The highest BCUT2D eigenvalue weighted by Gasteiger charge is 2.21. The van der Waals surface area contributed by atoms with Gasteiger partial charge in [0.1, 0.15) is 5.75 Å². The Kier molecular flexibility index (Phi) is 5.59. The number of non-ortho nitro benzene ring substituents is 1. The van der Waals surface area contributed by atoms with Gasteiger partial charge >= 0.3 is 0 Å². The Bertz CT molecular complexity index is 1190. The van der Waals surface area contributed by atoms with Gasteiger partial charge in [-0.15, -0.1) is 0 Å². The number of nitrogens with zero attached hydrogens (tertiary/aromatic N) is 7. The number of hydrogen-bond acceptors (Lipinski definition) is 10. The van der Waals surface area contributed by atoms with E-state index in [9.17, 15) is 15.2 Å². The van der Waals surface area contributed by atoms with E-state index in [4.69, 9.17) is 0 Å². The lowest BCUT2D eigenvalue weighted by Gasteiger charge is -2.20. The van der Waals surface area contributed by atoms with Gasteiger partial charge in [0.25, 0.3) is 5.69 Å². The molecule has 11 nitrogen and oxygen atoms in total. The molecule has 0 aliphatic carbocycles. The maximum absolute atomic E-state index is 11.1. The molecule has 0 unspecified atom stereocenters. The smallest absolute Gasteiger partial charge is 0.270 e. The zero-order chi connectivity index (χ0) is 22.8. The molecule has 0 bridgehead atoms. The number of hydrogen-bond donors (Lipinski definition) is 2. The van der Waals surface area contributed by atoms with Crippen molar-refractivity contribution in [3.05, 3.63) is 46.0 Å². The molecular weight excluding hydrogens is 424 g/mol. The first-order valence-corrected chi connectivity index (χ1v) is 11.0. The zero-order valence-electron chi connectivity index (χ0n) is 18.0. The third kappa shape index (κ3) is 4.34. The molecule has 0 amide bonds. The van der Waals surface area contributed by atoms with Crippen molar-refractivity contribution in [3.63, 3.8) is 0 Å². The second kappa shape index (κ2) is 8.85. The number of nitro groups is 1. The van der Waals surface area contributed by atoms with Gasteiger partial charge in [0.15, 0.2) is 0 Å². The minimum absolute atomic E-state index is 0.0109. The van der Waals surface area contributed by atoms with Crippen LogP contribution in [0.1, 0.15) is 31.2 Å². The molecule has 0 radical (unpaired) electrons. The van der Waals surface area contributed by atoms with Gasteiger partial charge in [-0.25, -0.2) is 5.43 Å². The van der Waals surface area contributed by atoms with Crippen LogP contribution in [0, 0.1) is 10.1 Å². The van der Waals surface area contributed by atoms with E-state index in [1.165, 1.54) is 24.4 Å². The zero-order valence-corrected chi connectivity index (χ0v) is 18.0. The SMILES string of the molecule is O=[N+]([O-])c1ccc2c(/C=N\Nc3nc(N4CCCC4)nc(N4CCCC4)n3)c(O)ccc2c1. The number of fused-ring (bicyclic) bond motifs is 1. The summed E-state index contributed by atoms with van der Waals surface area (Å²) in [5.74, 6) is 1.64. The highest BCUT2D eigenvalue weighted by atomic mass is 16.6. The van der Waals surface area contributed by atoms with Crippen molar-refractivity contribution >= 4 is 40.5 Å².